The maximum Gasteiger partial charge on any atom is 0.316 e. The molecule has 0 aliphatic carbocycles. The van der Waals surface area contributed by atoms with Gasteiger partial charge < -0.3 is 10.1 Å². The second-order valence-corrected chi connectivity index (χ2v) is 7.88. The molecule has 1 amide bonds. The summed E-state index contributed by atoms with van der Waals surface area (Å²) in [5.41, 5.74) is 1.25. The number of hydrogen-bond donors (Lipinski definition) is 1. The van der Waals surface area contributed by atoms with E-state index in [2.05, 4.69) is 32.4 Å². The van der Waals surface area contributed by atoms with Crippen LogP contribution in [0.25, 0.3) is 0 Å². The highest BCUT2D eigenvalue weighted by Gasteiger charge is 2.10. The zero-order chi connectivity index (χ0) is 17.2. The Morgan fingerprint density at radius 2 is 2.04 bits per heavy atom. The summed E-state index contributed by atoms with van der Waals surface area (Å²) in [5.74, 6) is 1.40. The van der Waals surface area contributed by atoms with Crippen molar-refractivity contribution in [2.24, 2.45) is 0 Å². The first-order chi connectivity index (χ1) is 11.7. The lowest BCUT2D eigenvalue weighted by Crippen LogP contribution is -2.12. The molecule has 6 nitrogen and oxygen atoms in total. The molecule has 0 spiro atoms. The predicted octanol–water partition coefficient (Wildman–Crippen LogP) is 3.07. The van der Waals surface area contributed by atoms with E-state index in [-0.39, 0.29) is 17.6 Å². The molecule has 0 radical (unpaired) electrons. The van der Waals surface area contributed by atoms with Crippen molar-refractivity contribution in [2.75, 3.05) is 23.9 Å². The number of amides is 1. The van der Waals surface area contributed by atoms with Crippen molar-refractivity contribution in [2.45, 2.75) is 16.5 Å². The largest absolute Gasteiger partial charge is 0.468 e. The van der Waals surface area contributed by atoms with Crippen molar-refractivity contribution >= 4 is 51.9 Å². The van der Waals surface area contributed by atoms with Crippen molar-refractivity contribution in [1.82, 2.24) is 10.2 Å². The van der Waals surface area contributed by atoms with E-state index < -0.39 is 0 Å². The van der Waals surface area contributed by atoms with E-state index in [4.69, 9.17) is 0 Å². The van der Waals surface area contributed by atoms with Gasteiger partial charge in [0.2, 0.25) is 11.0 Å². The van der Waals surface area contributed by atoms with Gasteiger partial charge in [-0.2, -0.15) is 11.8 Å². The van der Waals surface area contributed by atoms with Crippen LogP contribution in [-0.4, -0.2) is 40.7 Å². The maximum absolute atomic E-state index is 11.9. The van der Waals surface area contributed by atoms with E-state index in [0.29, 0.717) is 15.9 Å². The zero-order valence-electron chi connectivity index (χ0n) is 13.1. The van der Waals surface area contributed by atoms with Gasteiger partial charge in [0.15, 0.2) is 4.34 Å². The number of thioether (sulfide) groups is 2. The Kier molecular flexibility index (Phi) is 8.06. The number of rotatable bonds is 9. The van der Waals surface area contributed by atoms with Gasteiger partial charge in [-0.15, -0.1) is 10.2 Å². The van der Waals surface area contributed by atoms with Crippen LogP contribution in [0.3, 0.4) is 0 Å². The summed E-state index contributed by atoms with van der Waals surface area (Å²) < 4.78 is 5.17. The summed E-state index contributed by atoms with van der Waals surface area (Å²) in [6, 6.07) is 10.1. The Morgan fingerprint density at radius 3 is 2.79 bits per heavy atom. The van der Waals surface area contributed by atoms with Crippen LogP contribution in [0.4, 0.5) is 5.13 Å². The van der Waals surface area contributed by atoms with Crippen LogP contribution in [0, 0.1) is 0 Å². The second-order valence-electron chi connectivity index (χ2n) is 4.57. The fourth-order valence-corrected chi connectivity index (χ4v) is 4.11. The molecular weight excluding hydrogens is 366 g/mol. The van der Waals surface area contributed by atoms with Gasteiger partial charge in [-0.3, -0.25) is 9.59 Å². The van der Waals surface area contributed by atoms with E-state index in [1.807, 2.05) is 18.2 Å². The molecule has 0 bridgehead atoms. The maximum atomic E-state index is 11.9. The molecule has 1 aromatic carbocycles. The SMILES string of the molecule is COC(=O)CSc1nnc(NC(=O)CCSCc2ccccc2)s1. The molecule has 0 aliphatic heterocycles. The minimum Gasteiger partial charge on any atom is -0.468 e. The molecule has 1 aromatic heterocycles. The van der Waals surface area contributed by atoms with Gasteiger partial charge in [0, 0.05) is 17.9 Å². The Labute approximate surface area is 152 Å². The standard InChI is InChI=1S/C15H17N3O3S3/c1-21-13(20)10-23-15-18-17-14(24-15)16-12(19)7-8-22-9-11-5-3-2-4-6-11/h2-6H,7-10H2,1H3,(H,16,17,19). The van der Waals surface area contributed by atoms with Crippen molar-refractivity contribution in [3.63, 3.8) is 0 Å². The van der Waals surface area contributed by atoms with Gasteiger partial charge in [0.25, 0.3) is 0 Å². The van der Waals surface area contributed by atoms with Crippen LogP contribution in [-0.2, 0) is 20.1 Å². The van der Waals surface area contributed by atoms with Gasteiger partial charge >= 0.3 is 5.97 Å². The number of ether oxygens (including phenoxy) is 1. The highest BCUT2D eigenvalue weighted by molar-refractivity contribution is 8.01. The summed E-state index contributed by atoms with van der Waals surface area (Å²) >= 11 is 4.19. The number of esters is 1. The third-order valence-corrected chi connectivity index (χ3v) is 5.75. The number of aromatic nitrogens is 2. The smallest absolute Gasteiger partial charge is 0.316 e. The average Bonchev–Trinajstić information content (AvgIpc) is 3.05. The monoisotopic (exact) mass is 383 g/mol. The normalized spacial score (nSPS) is 10.4. The number of benzene rings is 1. The number of nitrogens with one attached hydrogen (secondary N) is 1. The van der Waals surface area contributed by atoms with E-state index in [1.165, 1.54) is 35.8 Å². The molecule has 0 unspecified atom stereocenters. The molecule has 1 N–H and O–H groups in total. The van der Waals surface area contributed by atoms with Crippen LogP contribution in [0.1, 0.15) is 12.0 Å². The summed E-state index contributed by atoms with van der Waals surface area (Å²) in [4.78, 5) is 22.9. The van der Waals surface area contributed by atoms with Crippen molar-refractivity contribution in [3.05, 3.63) is 35.9 Å². The number of anilines is 1. The van der Waals surface area contributed by atoms with Gasteiger partial charge in [0.1, 0.15) is 0 Å². The van der Waals surface area contributed by atoms with Crippen LogP contribution < -0.4 is 5.32 Å². The second kappa shape index (κ2) is 10.3. The van der Waals surface area contributed by atoms with Crippen molar-refractivity contribution < 1.29 is 14.3 Å². The highest BCUT2D eigenvalue weighted by atomic mass is 32.2. The van der Waals surface area contributed by atoms with Crippen LogP contribution in [0.15, 0.2) is 34.7 Å². The molecule has 9 heteroatoms. The fourth-order valence-electron chi connectivity index (χ4n) is 1.61. The number of hydrogen-bond acceptors (Lipinski definition) is 8. The minimum atomic E-state index is -0.323. The van der Waals surface area contributed by atoms with E-state index in [0.717, 1.165) is 11.5 Å². The first kappa shape index (κ1) is 18.8. The molecule has 1 heterocycles. The molecule has 0 fully saturated rings. The lowest BCUT2D eigenvalue weighted by molar-refractivity contribution is -0.137. The number of methoxy groups -OCH3 is 1. The van der Waals surface area contributed by atoms with E-state index >= 15 is 0 Å². The quantitative estimate of drug-likeness (QED) is 0.308. The first-order valence-corrected chi connectivity index (χ1v) is 10.1. The van der Waals surface area contributed by atoms with E-state index in [9.17, 15) is 9.59 Å². The fraction of sp³-hybridized carbons (Fsp3) is 0.333. The third-order valence-electron chi connectivity index (χ3n) is 2.78. The third kappa shape index (κ3) is 6.90. The predicted molar refractivity (Wildman–Crippen MR) is 98.5 cm³/mol. The Morgan fingerprint density at radius 1 is 1.25 bits per heavy atom. The summed E-state index contributed by atoms with van der Waals surface area (Å²) in [6.45, 7) is 0. The number of carbonyl (C=O) groups is 2. The molecule has 24 heavy (non-hydrogen) atoms. The van der Waals surface area contributed by atoms with Crippen LogP contribution in [0.5, 0.6) is 0 Å². The van der Waals surface area contributed by atoms with E-state index in [1.54, 1.807) is 11.8 Å². The molecule has 0 aliphatic rings. The molecule has 128 valence electrons. The molecular formula is C15H17N3O3S3. The summed E-state index contributed by atoms with van der Waals surface area (Å²) in [7, 11) is 1.34. The van der Waals surface area contributed by atoms with Gasteiger partial charge in [-0.05, 0) is 5.56 Å². The molecule has 0 saturated carbocycles. The Balaban J connectivity index is 1.65. The minimum absolute atomic E-state index is 0.0868. The highest BCUT2D eigenvalue weighted by Crippen LogP contribution is 2.25. The molecule has 2 rings (SSSR count). The van der Waals surface area contributed by atoms with Gasteiger partial charge in [-0.25, -0.2) is 0 Å². The number of carbonyl (C=O) groups excluding carboxylic acids is 2. The topological polar surface area (TPSA) is 81.2 Å². The summed E-state index contributed by atoms with van der Waals surface area (Å²) in [5, 5.41) is 11.0. The number of nitrogens with zero attached hydrogens (tertiary/aromatic N) is 2. The Bertz CT molecular complexity index is 664. The molecule has 2 aromatic rings. The lowest BCUT2D eigenvalue weighted by Gasteiger charge is -2.02. The zero-order valence-corrected chi connectivity index (χ0v) is 15.5. The van der Waals surface area contributed by atoms with Gasteiger partial charge in [0.05, 0.1) is 12.9 Å². The van der Waals surface area contributed by atoms with Crippen molar-refractivity contribution in [1.29, 1.82) is 0 Å². The first-order valence-electron chi connectivity index (χ1n) is 7.12. The van der Waals surface area contributed by atoms with Crippen LogP contribution >= 0.6 is 34.9 Å². The van der Waals surface area contributed by atoms with Crippen LogP contribution in [0.2, 0.25) is 0 Å². The lowest BCUT2D eigenvalue weighted by atomic mass is 10.2. The molecule has 0 saturated heterocycles. The van der Waals surface area contributed by atoms with Crippen molar-refractivity contribution in [3.8, 4) is 0 Å². The summed E-state index contributed by atoms with van der Waals surface area (Å²) in [6.07, 6.45) is 0.418. The van der Waals surface area contributed by atoms with Gasteiger partial charge in [-0.1, -0.05) is 53.4 Å². The Hall–Kier alpha value is -1.58. The average molecular weight is 384 g/mol. The molecule has 0 atom stereocenters.